The summed E-state index contributed by atoms with van der Waals surface area (Å²) in [7, 11) is -3.22. The average Bonchev–Trinajstić information content (AvgIpc) is 2.57. The molecule has 0 fully saturated rings. The van der Waals surface area contributed by atoms with Crippen molar-refractivity contribution in [2.45, 2.75) is 13.8 Å². The molecule has 1 N–H and O–H groups in total. The van der Waals surface area contributed by atoms with Gasteiger partial charge in [0, 0.05) is 12.4 Å². The molecule has 0 amide bonds. The number of imidazole rings is 1. The van der Waals surface area contributed by atoms with Crippen LogP contribution in [-0.2, 0) is 10.0 Å². The molecule has 0 aliphatic heterocycles. The fourth-order valence-corrected chi connectivity index (χ4v) is 2.05. The van der Waals surface area contributed by atoms with Gasteiger partial charge in [-0.1, -0.05) is 0 Å². The van der Waals surface area contributed by atoms with Gasteiger partial charge in [-0.15, -0.1) is 0 Å². The van der Waals surface area contributed by atoms with Crippen molar-refractivity contribution in [1.29, 1.82) is 0 Å². The molecule has 16 heavy (non-hydrogen) atoms. The van der Waals surface area contributed by atoms with E-state index in [0.717, 1.165) is 11.3 Å². The molecule has 86 valence electrons. The molecular formula is C10H13N3O2S. The molecule has 0 aliphatic carbocycles. The zero-order valence-electron chi connectivity index (χ0n) is 9.14. The summed E-state index contributed by atoms with van der Waals surface area (Å²) in [4.78, 5) is 4.26. The van der Waals surface area contributed by atoms with Gasteiger partial charge in [-0.25, -0.2) is 13.4 Å². The number of pyridine rings is 1. The van der Waals surface area contributed by atoms with Gasteiger partial charge in [0.1, 0.15) is 5.65 Å². The van der Waals surface area contributed by atoms with Crippen molar-refractivity contribution in [2.24, 2.45) is 0 Å². The van der Waals surface area contributed by atoms with Crippen LogP contribution in [0.15, 0.2) is 24.5 Å². The molecule has 2 rings (SSSR count). The number of anilines is 1. The summed E-state index contributed by atoms with van der Waals surface area (Å²) >= 11 is 0. The SMILES string of the molecule is CCS(=O)(=O)Nc1ccc2nc(C)cn2c1. The first-order valence-electron chi connectivity index (χ1n) is 4.96. The number of nitrogens with zero attached hydrogens (tertiary/aromatic N) is 2. The van der Waals surface area contributed by atoms with Gasteiger partial charge in [0.15, 0.2) is 0 Å². The fourth-order valence-electron chi connectivity index (χ4n) is 1.43. The van der Waals surface area contributed by atoms with Gasteiger partial charge >= 0.3 is 0 Å². The maximum absolute atomic E-state index is 11.4. The van der Waals surface area contributed by atoms with E-state index in [1.165, 1.54) is 0 Å². The Balaban J connectivity index is 2.40. The molecule has 0 bridgehead atoms. The van der Waals surface area contributed by atoms with E-state index in [-0.39, 0.29) is 5.75 Å². The first-order chi connectivity index (χ1) is 7.50. The van der Waals surface area contributed by atoms with Crippen molar-refractivity contribution in [2.75, 3.05) is 10.5 Å². The molecule has 2 aromatic heterocycles. The maximum Gasteiger partial charge on any atom is 0.232 e. The lowest BCUT2D eigenvalue weighted by atomic mass is 10.4. The zero-order chi connectivity index (χ0) is 11.8. The van der Waals surface area contributed by atoms with Crippen LogP contribution in [0.2, 0.25) is 0 Å². The van der Waals surface area contributed by atoms with E-state index in [1.807, 2.05) is 13.1 Å². The van der Waals surface area contributed by atoms with E-state index in [4.69, 9.17) is 0 Å². The van der Waals surface area contributed by atoms with Crippen LogP contribution in [-0.4, -0.2) is 23.6 Å². The Morgan fingerprint density at radius 3 is 2.81 bits per heavy atom. The predicted molar refractivity (Wildman–Crippen MR) is 63.0 cm³/mol. The summed E-state index contributed by atoms with van der Waals surface area (Å²) in [6, 6.07) is 3.48. The van der Waals surface area contributed by atoms with Crippen LogP contribution in [0.1, 0.15) is 12.6 Å². The molecule has 0 saturated heterocycles. The maximum atomic E-state index is 11.4. The summed E-state index contributed by atoms with van der Waals surface area (Å²) in [5, 5.41) is 0. The third-order valence-corrected chi connectivity index (χ3v) is 3.53. The lowest BCUT2D eigenvalue weighted by Gasteiger charge is -2.05. The van der Waals surface area contributed by atoms with Gasteiger partial charge in [0.25, 0.3) is 0 Å². The van der Waals surface area contributed by atoms with Crippen molar-refractivity contribution in [3.8, 4) is 0 Å². The summed E-state index contributed by atoms with van der Waals surface area (Å²) in [5.41, 5.74) is 2.25. The topological polar surface area (TPSA) is 63.5 Å². The Hall–Kier alpha value is -1.56. The van der Waals surface area contributed by atoms with Crippen molar-refractivity contribution >= 4 is 21.4 Å². The molecule has 5 nitrogen and oxygen atoms in total. The second-order valence-electron chi connectivity index (χ2n) is 3.57. The van der Waals surface area contributed by atoms with Crippen LogP contribution >= 0.6 is 0 Å². The quantitative estimate of drug-likeness (QED) is 0.880. The summed E-state index contributed by atoms with van der Waals surface area (Å²) < 4.78 is 27.0. The number of aromatic nitrogens is 2. The lowest BCUT2D eigenvalue weighted by Crippen LogP contribution is -2.14. The van der Waals surface area contributed by atoms with E-state index in [0.29, 0.717) is 5.69 Å². The van der Waals surface area contributed by atoms with Crippen LogP contribution in [0.3, 0.4) is 0 Å². The van der Waals surface area contributed by atoms with Crippen molar-refractivity contribution < 1.29 is 8.42 Å². The first kappa shape index (κ1) is 10.9. The van der Waals surface area contributed by atoms with Gasteiger partial charge in [-0.2, -0.15) is 0 Å². The number of hydrogen-bond acceptors (Lipinski definition) is 3. The molecule has 0 unspecified atom stereocenters. The normalized spacial score (nSPS) is 11.9. The summed E-state index contributed by atoms with van der Waals surface area (Å²) in [5.74, 6) is 0.0635. The number of aryl methyl sites for hydroxylation is 1. The third-order valence-electron chi connectivity index (χ3n) is 2.22. The van der Waals surface area contributed by atoms with Crippen LogP contribution < -0.4 is 4.72 Å². The second kappa shape index (κ2) is 3.79. The second-order valence-corrected chi connectivity index (χ2v) is 5.58. The Labute approximate surface area is 94.2 Å². The van der Waals surface area contributed by atoms with E-state index >= 15 is 0 Å². The van der Waals surface area contributed by atoms with Gasteiger partial charge < -0.3 is 4.40 Å². The summed E-state index contributed by atoms with van der Waals surface area (Å²) in [6.07, 6.45) is 3.56. The Morgan fingerprint density at radius 1 is 1.38 bits per heavy atom. The Bertz CT molecular complexity index is 616. The van der Waals surface area contributed by atoms with E-state index in [1.54, 1.807) is 29.7 Å². The molecule has 0 atom stereocenters. The average molecular weight is 239 g/mol. The molecule has 2 aromatic rings. The standard InChI is InChI=1S/C10H13N3O2S/c1-3-16(14,15)12-9-4-5-10-11-8(2)6-13(10)7-9/h4-7,12H,3H2,1-2H3. The highest BCUT2D eigenvalue weighted by Crippen LogP contribution is 2.12. The van der Waals surface area contributed by atoms with Gasteiger partial charge in [0.2, 0.25) is 10.0 Å². The minimum atomic E-state index is -3.22. The van der Waals surface area contributed by atoms with Crippen molar-refractivity contribution in [1.82, 2.24) is 9.38 Å². The van der Waals surface area contributed by atoms with Crippen LogP contribution in [0.5, 0.6) is 0 Å². The number of rotatable bonds is 3. The highest BCUT2D eigenvalue weighted by Gasteiger charge is 2.07. The number of fused-ring (bicyclic) bond motifs is 1. The zero-order valence-corrected chi connectivity index (χ0v) is 9.95. The third kappa shape index (κ3) is 2.16. The molecule has 0 spiro atoms. The number of sulfonamides is 1. The predicted octanol–water partition coefficient (Wildman–Crippen LogP) is 1.40. The van der Waals surface area contributed by atoms with Crippen molar-refractivity contribution in [3.63, 3.8) is 0 Å². The van der Waals surface area contributed by atoms with Crippen LogP contribution in [0.4, 0.5) is 5.69 Å². The van der Waals surface area contributed by atoms with Crippen molar-refractivity contribution in [3.05, 3.63) is 30.2 Å². The van der Waals surface area contributed by atoms with E-state index in [9.17, 15) is 8.42 Å². The van der Waals surface area contributed by atoms with E-state index in [2.05, 4.69) is 9.71 Å². The van der Waals surface area contributed by atoms with Gasteiger partial charge in [0.05, 0.1) is 17.1 Å². The number of nitrogens with one attached hydrogen (secondary N) is 1. The Kier molecular flexibility index (Phi) is 2.59. The largest absolute Gasteiger partial charge is 0.305 e. The monoisotopic (exact) mass is 239 g/mol. The highest BCUT2D eigenvalue weighted by molar-refractivity contribution is 7.92. The first-order valence-corrected chi connectivity index (χ1v) is 6.61. The minimum absolute atomic E-state index is 0.0635. The lowest BCUT2D eigenvalue weighted by molar-refractivity contribution is 0.602. The molecular weight excluding hydrogens is 226 g/mol. The van der Waals surface area contributed by atoms with E-state index < -0.39 is 10.0 Å². The smallest absolute Gasteiger partial charge is 0.232 e. The molecule has 0 radical (unpaired) electrons. The van der Waals surface area contributed by atoms with Gasteiger partial charge in [-0.3, -0.25) is 4.72 Å². The highest BCUT2D eigenvalue weighted by atomic mass is 32.2. The van der Waals surface area contributed by atoms with Crippen LogP contribution in [0.25, 0.3) is 5.65 Å². The number of hydrogen-bond donors (Lipinski definition) is 1. The van der Waals surface area contributed by atoms with Crippen LogP contribution in [0, 0.1) is 6.92 Å². The molecule has 2 heterocycles. The molecule has 0 aliphatic rings. The fraction of sp³-hybridized carbons (Fsp3) is 0.300. The molecule has 0 aromatic carbocycles. The molecule has 6 heteroatoms. The minimum Gasteiger partial charge on any atom is -0.305 e. The Morgan fingerprint density at radius 2 is 2.12 bits per heavy atom. The molecule has 0 saturated carbocycles. The summed E-state index contributed by atoms with van der Waals surface area (Å²) in [6.45, 7) is 3.49. The van der Waals surface area contributed by atoms with Gasteiger partial charge in [-0.05, 0) is 26.0 Å².